The molecule has 180 valence electrons. The van der Waals surface area contributed by atoms with Gasteiger partial charge in [0.2, 0.25) is 11.8 Å². The Bertz CT molecular complexity index is 873. The van der Waals surface area contributed by atoms with E-state index in [0.29, 0.717) is 39.6 Å². The topological polar surface area (TPSA) is 130 Å². The van der Waals surface area contributed by atoms with Gasteiger partial charge in [0.25, 0.3) is 11.8 Å². The average Bonchev–Trinajstić information content (AvgIpc) is 3.05. The van der Waals surface area contributed by atoms with Crippen molar-refractivity contribution in [2.45, 2.75) is 18.9 Å². The smallest absolute Gasteiger partial charge is 0.266 e. The number of hydrogen-bond donors (Lipinski definition) is 1. The second-order valence-corrected chi connectivity index (χ2v) is 7.30. The normalized spacial score (nSPS) is 18.0. The molecular formula is C22H28N2O9. The lowest BCUT2D eigenvalue weighted by atomic mass is 10.0. The van der Waals surface area contributed by atoms with Crippen molar-refractivity contribution in [2.24, 2.45) is 0 Å². The Labute approximate surface area is 191 Å². The number of fused-ring (bicyclic) bond motifs is 1. The lowest BCUT2D eigenvalue weighted by Crippen LogP contribution is -2.54. The van der Waals surface area contributed by atoms with Gasteiger partial charge in [0, 0.05) is 13.5 Å². The highest BCUT2D eigenvalue weighted by molar-refractivity contribution is 6.24. The fraction of sp³-hybridized carbons (Fsp3) is 0.545. The summed E-state index contributed by atoms with van der Waals surface area (Å²) >= 11 is 0. The monoisotopic (exact) mass is 464 g/mol. The van der Waals surface area contributed by atoms with Crippen LogP contribution in [0.3, 0.4) is 0 Å². The van der Waals surface area contributed by atoms with Crippen molar-refractivity contribution >= 4 is 23.6 Å². The molecule has 2 aliphatic rings. The van der Waals surface area contributed by atoms with Crippen molar-refractivity contribution < 1.29 is 42.9 Å². The van der Waals surface area contributed by atoms with Gasteiger partial charge in [0.05, 0.1) is 57.4 Å². The van der Waals surface area contributed by atoms with Gasteiger partial charge < -0.3 is 23.7 Å². The largest absolute Gasteiger partial charge is 0.490 e. The number of methoxy groups -OCH3 is 1. The third-order valence-electron chi connectivity index (χ3n) is 5.09. The van der Waals surface area contributed by atoms with Gasteiger partial charge in [0.1, 0.15) is 18.4 Å². The minimum absolute atomic E-state index is 0.0645. The van der Waals surface area contributed by atoms with Crippen LogP contribution in [-0.4, -0.2) is 94.5 Å². The molecule has 2 aliphatic heterocycles. The summed E-state index contributed by atoms with van der Waals surface area (Å²) in [6, 6.07) is 3.69. The van der Waals surface area contributed by atoms with Gasteiger partial charge in [-0.3, -0.25) is 29.4 Å². The van der Waals surface area contributed by atoms with E-state index in [1.807, 2.05) is 0 Å². The van der Waals surface area contributed by atoms with Crippen molar-refractivity contribution in [2.75, 3.05) is 60.0 Å². The molecule has 0 saturated carbocycles. The molecule has 2 heterocycles. The molecule has 33 heavy (non-hydrogen) atoms. The Morgan fingerprint density at radius 2 is 1.52 bits per heavy atom. The van der Waals surface area contributed by atoms with Crippen LogP contribution in [0.25, 0.3) is 0 Å². The Kier molecular flexibility index (Phi) is 9.31. The summed E-state index contributed by atoms with van der Waals surface area (Å²) in [6.45, 7) is 3.20. The third-order valence-corrected chi connectivity index (χ3v) is 5.09. The molecule has 11 nitrogen and oxygen atoms in total. The molecule has 1 unspecified atom stereocenters. The zero-order chi connectivity index (χ0) is 23.6. The zero-order valence-corrected chi connectivity index (χ0v) is 18.5. The summed E-state index contributed by atoms with van der Waals surface area (Å²) in [5.74, 6) is -2.01. The van der Waals surface area contributed by atoms with E-state index in [1.165, 1.54) is 6.07 Å². The van der Waals surface area contributed by atoms with Gasteiger partial charge >= 0.3 is 0 Å². The fourth-order valence-electron chi connectivity index (χ4n) is 3.50. The van der Waals surface area contributed by atoms with Crippen molar-refractivity contribution in [1.82, 2.24) is 10.2 Å². The number of amides is 4. The first-order chi connectivity index (χ1) is 16.0. The van der Waals surface area contributed by atoms with Gasteiger partial charge in [-0.05, 0) is 18.6 Å². The Balaban J connectivity index is 1.43. The van der Waals surface area contributed by atoms with Crippen LogP contribution in [0.1, 0.15) is 33.6 Å². The zero-order valence-electron chi connectivity index (χ0n) is 18.5. The van der Waals surface area contributed by atoms with E-state index in [9.17, 15) is 19.2 Å². The Hall–Kier alpha value is -2.86. The summed E-state index contributed by atoms with van der Waals surface area (Å²) in [7, 11) is 1.61. The third kappa shape index (κ3) is 6.35. The molecule has 11 heteroatoms. The lowest BCUT2D eigenvalue weighted by Gasteiger charge is -2.27. The van der Waals surface area contributed by atoms with E-state index < -0.39 is 29.7 Å². The predicted octanol–water partition coefficient (Wildman–Crippen LogP) is 0.163. The standard InChI is InChI=1S/C22H28N2O9/c1-29-7-8-30-9-10-31-11-12-32-13-14-33-17-4-2-3-15-19(17)22(28)24(21(15)27)16-5-6-18(25)23-20(16)26/h2-4,16H,5-14H2,1H3,(H,23,25,26). The molecule has 0 spiro atoms. The van der Waals surface area contributed by atoms with E-state index in [2.05, 4.69) is 5.32 Å². The Morgan fingerprint density at radius 1 is 0.879 bits per heavy atom. The number of benzene rings is 1. The molecule has 1 aromatic carbocycles. The highest BCUT2D eigenvalue weighted by Crippen LogP contribution is 2.33. The second-order valence-electron chi connectivity index (χ2n) is 7.30. The summed E-state index contributed by atoms with van der Waals surface area (Å²) in [4.78, 5) is 50.2. The number of carbonyl (C=O) groups is 4. The quantitative estimate of drug-likeness (QED) is 0.302. The van der Waals surface area contributed by atoms with E-state index >= 15 is 0 Å². The number of ether oxygens (including phenoxy) is 5. The van der Waals surface area contributed by atoms with E-state index in [0.717, 1.165) is 4.90 Å². The van der Waals surface area contributed by atoms with Crippen molar-refractivity contribution in [1.29, 1.82) is 0 Å². The SMILES string of the molecule is COCCOCCOCCOCCOc1cccc2c1C(=O)N(C1CCC(=O)NC1=O)C2=O. The molecule has 1 fully saturated rings. The van der Waals surface area contributed by atoms with Crippen LogP contribution >= 0.6 is 0 Å². The van der Waals surface area contributed by atoms with Gasteiger partial charge in [0.15, 0.2) is 0 Å². The number of imide groups is 2. The lowest BCUT2D eigenvalue weighted by molar-refractivity contribution is -0.136. The molecule has 0 aromatic heterocycles. The van der Waals surface area contributed by atoms with Crippen LogP contribution < -0.4 is 10.1 Å². The van der Waals surface area contributed by atoms with Gasteiger partial charge in [-0.1, -0.05) is 6.07 Å². The van der Waals surface area contributed by atoms with E-state index in [1.54, 1.807) is 19.2 Å². The molecule has 4 amide bonds. The van der Waals surface area contributed by atoms with Crippen LogP contribution in [0.2, 0.25) is 0 Å². The summed E-state index contributed by atoms with van der Waals surface area (Å²) in [6.07, 6.45) is 0.163. The number of piperidine rings is 1. The molecule has 1 saturated heterocycles. The number of nitrogens with one attached hydrogen (secondary N) is 1. The maximum Gasteiger partial charge on any atom is 0.266 e. The minimum Gasteiger partial charge on any atom is -0.490 e. The summed E-state index contributed by atoms with van der Waals surface area (Å²) < 4.78 is 26.7. The van der Waals surface area contributed by atoms with E-state index in [4.69, 9.17) is 23.7 Å². The van der Waals surface area contributed by atoms with Gasteiger partial charge in [-0.2, -0.15) is 0 Å². The number of hydrogen-bond acceptors (Lipinski definition) is 9. The number of carbonyl (C=O) groups excluding carboxylic acids is 4. The molecular weight excluding hydrogens is 436 g/mol. The summed E-state index contributed by atoms with van der Waals surface area (Å²) in [5, 5.41) is 2.17. The Morgan fingerprint density at radius 3 is 2.15 bits per heavy atom. The number of nitrogens with zero attached hydrogens (tertiary/aromatic N) is 1. The molecule has 1 N–H and O–H groups in total. The molecule has 1 aromatic rings. The molecule has 3 rings (SSSR count). The van der Waals surface area contributed by atoms with Crippen LogP contribution in [0.4, 0.5) is 0 Å². The second kappa shape index (κ2) is 12.4. The average molecular weight is 464 g/mol. The molecule has 0 bridgehead atoms. The first kappa shape index (κ1) is 24.8. The van der Waals surface area contributed by atoms with Crippen molar-refractivity contribution in [3.05, 3.63) is 29.3 Å². The fourth-order valence-corrected chi connectivity index (χ4v) is 3.50. The van der Waals surface area contributed by atoms with Crippen molar-refractivity contribution in [3.8, 4) is 5.75 Å². The van der Waals surface area contributed by atoms with Gasteiger partial charge in [-0.15, -0.1) is 0 Å². The van der Waals surface area contributed by atoms with Gasteiger partial charge in [-0.25, -0.2) is 0 Å². The molecule has 0 aliphatic carbocycles. The van der Waals surface area contributed by atoms with E-state index in [-0.39, 0.29) is 42.9 Å². The predicted molar refractivity (Wildman–Crippen MR) is 113 cm³/mol. The highest BCUT2D eigenvalue weighted by Gasteiger charge is 2.45. The molecule has 1 atom stereocenters. The first-order valence-electron chi connectivity index (χ1n) is 10.7. The summed E-state index contributed by atoms with van der Waals surface area (Å²) in [5.41, 5.74) is 0.285. The minimum atomic E-state index is -1.02. The maximum absolute atomic E-state index is 13.0. The molecule has 0 radical (unpaired) electrons. The van der Waals surface area contributed by atoms with Crippen LogP contribution in [0.5, 0.6) is 5.75 Å². The first-order valence-corrected chi connectivity index (χ1v) is 10.7. The van der Waals surface area contributed by atoms with Crippen LogP contribution in [0.15, 0.2) is 18.2 Å². The maximum atomic E-state index is 13.0. The van der Waals surface area contributed by atoms with Crippen LogP contribution in [0, 0.1) is 0 Å². The van der Waals surface area contributed by atoms with Crippen LogP contribution in [-0.2, 0) is 28.5 Å². The number of rotatable bonds is 14. The van der Waals surface area contributed by atoms with Crippen molar-refractivity contribution in [3.63, 3.8) is 0 Å². The highest BCUT2D eigenvalue weighted by atomic mass is 16.6.